The summed E-state index contributed by atoms with van der Waals surface area (Å²) < 4.78 is 43.6. The molecule has 2 fully saturated rings. The minimum atomic E-state index is -0.713. The number of nitrogens with zero attached hydrogens (tertiary/aromatic N) is 2. The Labute approximate surface area is 161 Å². The summed E-state index contributed by atoms with van der Waals surface area (Å²) >= 11 is 0. The Hall–Kier alpha value is -2.32. The Kier molecular flexibility index (Phi) is 5.68. The molecule has 6 nitrogen and oxygen atoms in total. The van der Waals surface area contributed by atoms with E-state index in [0.717, 1.165) is 31.5 Å². The number of halogens is 2. The lowest BCUT2D eigenvalue weighted by Crippen LogP contribution is -2.43. The molecule has 0 spiro atoms. The Balaban J connectivity index is 1.33. The third-order valence-electron chi connectivity index (χ3n) is 5.15. The van der Waals surface area contributed by atoms with Crippen LogP contribution in [0.1, 0.15) is 25.2 Å². The minimum absolute atomic E-state index is 0.0235. The molecular weight excluding hydrogens is 370 g/mol. The number of carbonyl (C=O) groups excluding carboxylic acids is 1. The SMILES string of the molecule is O=C(CCc1ncc(-c2ccc(F)cc2F)o1)N1CCCC(C2OCCO2)C1. The molecule has 1 aromatic heterocycles. The van der Waals surface area contributed by atoms with Gasteiger partial charge in [-0.15, -0.1) is 0 Å². The molecule has 1 amide bonds. The predicted molar refractivity (Wildman–Crippen MR) is 95.2 cm³/mol. The van der Waals surface area contributed by atoms with Gasteiger partial charge in [-0.25, -0.2) is 13.8 Å². The molecule has 0 saturated carbocycles. The van der Waals surface area contributed by atoms with Gasteiger partial charge in [0.2, 0.25) is 5.91 Å². The van der Waals surface area contributed by atoms with Crippen molar-refractivity contribution in [2.24, 2.45) is 5.92 Å². The number of likely N-dealkylation sites (tertiary alicyclic amines) is 1. The summed E-state index contributed by atoms with van der Waals surface area (Å²) in [5.41, 5.74) is 0.141. The standard InChI is InChI=1S/C20H22F2N2O4/c21-14-3-4-15(16(22)10-14)17-11-23-18(28-17)5-6-19(25)24-7-1-2-13(12-24)20-26-8-9-27-20/h3-4,10-11,13,20H,1-2,5-9,12H2. The van der Waals surface area contributed by atoms with Crippen molar-refractivity contribution in [3.05, 3.63) is 41.9 Å². The largest absolute Gasteiger partial charge is 0.441 e. The molecule has 4 rings (SSSR count). The Morgan fingerprint density at radius 3 is 2.86 bits per heavy atom. The van der Waals surface area contributed by atoms with Gasteiger partial charge in [0.1, 0.15) is 11.6 Å². The number of rotatable bonds is 5. The number of aromatic nitrogens is 1. The third-order valence-corrected chi connectivity index (χ3v) is 5.15. The van der Waals surface area contributed by atoms with E-state index in [0.29, 0.717) is 32.1 Å². The van der Waals surface area contributed by atoms with Crippen LogP contribution in [0.5, 0.6) is 0 Å². The number of amides is 1. The fourth-order valence-electron chi connectivity index (χ4n) is 3.72. The molecule has 1 aromatic carbocycles. The first kappa shape index (κ1) is 19.0. The zero-order valence-electron chi connectivity index (χ0n) is 15.4. The number of benzene rings is 1. The van der Waals surface area contributed by atoms with Crippen molar-refractivity contribution in [2.75, 3.05) is 26.3 Å². The number of hydrogen-bond donors (Lipinski definition) is 0. The second-order valence-corrected chi connectivity index (χ2v) is 7.09. The third kappa shape index (κ3) is 4.23. The van der Waals surface area contributed by atoms with E-state index in [1.165, 1.54) is 12.3 Å². The van der Waals surface area contributed by atoms with Crippen LogP contribution in [-0.2, 0) is 20.7 Å². The Morgan fingerprint density at radius 1 is 1.25 bits per heavy atom. The fraction of sp³-hybridized carbons (Fsp3) is 0.500. The molecule has 0 N–H and O–H groups in total. The molecule has 150 valence electrons. The summed E-state index contributed by atoms with van der Waals surface area (Å²) in [6.45, 7) is 2.56. The van der Waals surface area contributed by atoms with E-state index in [2.05, 4.69) is 4.98 Å². The average Bonchev–Trinajstić information content (AvgIpc) is 3.38. The van der Waals surface area contributed by atoms with Crippen molar-refractivity contribution in [1.29, 1.82) is 0 Å². The topological polar surface area (TPSA) is 64.8 Å². The first-order chi connectivity index (χ1) is 13.6. The summed E-state index contributed by atoms with van der Waals surface area (Å²) in [4.78, 5) is 18.5. The average molecular weight is 392 g/mol. The molecule has 1 unspecified atom stereocenters. The summed E-state index contributed by atoms with van der Waals surface area (Å²) in [5.74, 6) is -0.573. The summed E-state index contributed by atoms with van der Waals surface area (Å²) in [5, 5.41) is 0. The van der Waals surface area contributed by atoms with Crippen molar-refractivity contribution in [2.45, 2.75) is 32.0 Å². The second-order valence-electron chi connectivity index (χ2n) is 7.09. The lowest BCUT2D eigenvalue weighted by molar-refractivity contribution is -0.139. The highest BCUT2D eigenvalue weighted by atomic mass is 19.1. The van der Waals surface area contributed by atoms with Crippen molar-refractivity contribution < 1.29 is 27.5 Å². The van der Waals surface area contributed by atoms with Gasteiger partial charge >= 0.3 is 0 Å². The van der Waals surface area contributed by atoms with Crippen molar-refractivity contribution in [1.82, 2.24) is 9.88 Å². The van der Waals surface area contributed by atoms with Crippen molar-refractivity contribution in [3.63, 3.8) is 0 Å². The molecule has 0 bridgehead atoms. The van der Waals surface area contributed by atoms with Gasteiger partial charge in [0.05, 0.1) is 25.0 Å². The quantitative estimate of drug-likeness (QED) is 0.782. The maximum Gasteiger partial charge on any atom is 0.223 e. The van der Waals surface area contributed by atoms with Crippen LogP contribution < -0.4 is 0 Å². The zero-order chi connectivity index (χ0) is 19.5. The number of carbonyl (C=O) groups is 1. The second kappa shape index (κ2) is 8.36. The number of hydrogen-bond acceptors (Lipinski definition) is 5. The molecule has 2 aliphatic rings. The van der Waals surface area contributed by atoms with Gasteiger partial charge in [-0.3, -0.25) is 4.79 Å². The summed E-state index contributed by atoms with van der Waals surface area (Å²) in [7, 11) is 0. The monoisotopic (exact) mass is 392 g/mol. The highest BCUT2D eigenvalue weighted by molar-refractivity contribution is 5.76. The highest BCUT2D eigenvalue weighted by Gasteiger charge is 2.32. The van der Waals surface area contributed by atoms with E-state index < -0.39 is 11.6 Å². The number of piperidine rings is 1. The van der Waals surface area contributed by atoms with Crippen LogP contribution in [0.15, 0.2) is 28.8 Å². The van der Waals surface area contributed by atoms with Gasteiger partial charge in [-0.05, 0) is 25.0 Å². The van der Waals surface area contributed by atoms with Gasteiger partial charge in [-0.1, -0.05) is 0 Å². The van der Waals surface area contributed by atoms with Gasteiger partial charge in [0, 0.05) is 37.9 Å². The zero-order valence-corrected chi connectivity index (χ0v) is 15.4. The molecule has 0 radical (unpaired) electrons. The van der Waals surface area contributed by atoms with E-state index in [1.54, 1.807) is 0 Å². The van der Waals surface area contributed by atoms with Crippen molar-refractivity contribution in [3.8, 4) is 11.3 Å². The number of ether oxygens (including phenoxy) is 2. The molecule has 2 aromatic rings. The highest BCUT2D eigenvalue weighted by Crippen LogP contribution is 2.26. The molecule has 0 aliphatic carbocycles. The van der Waals surface area contributed by atoms with E-state index in [-0.39, 0.29) is 35.9 Å². The number of aryl methyl sites for hydroxylation is 1. The van der Waals surface area contributed by atoms with Crippen LogP contribution in [0.4, 0.5) is 8.78 Å². The molecule has 28 heavy (non-hydrogen) atoms. The lowest BCUT2D eigenvalue weighted by Gasteiger charge is -2.34. The van der Waals surface area contributed by atoms with Crippen molar-refractivity contribution >= 4 is 5.91 Å². The van der Waals surface area contributed by atoms with Crippen LogP contribution in [0.25, 0.3) is 11.3 Å². The smallest absolute Gasteiger partial charge is 0.223 e. The first-order valence-electron chi connectivity index (χ1n) is 9.51. The Morgan fingerprint density at radius 2 is 2.07 bits per heavy atom. The van der Waals surface area contributed by atoms with E-state index >= 15 is 0 Å². The van der Waals surface area contributed by atoms with E-state index in [9.17, 15) is 13.6 Å². The van der Waals surface area contributed by atoms with Gasteiger partial charge < -0.3 is 18.8 Å². The molecule has 3 heterocycles. The van der Waals surface area contributed by atoms with Gasteiger partial charge in [0.15, 0.2) is 17.9 Å². The minimum Gasteiger partial charge on any atom is -0.441 e. The van der Waals surface area contributed by atoms with Crippen LogP contribution in [0.3, 0.4) is 0 Å². The van der Waals surface area contributed by atoms with E-state index in [4.69, 9.17) is 13.9 Å². The first-order valence-corrected chi connectivity index (χ1v) is 9.51. The maximum absolute atomic E-state index is 13.9. The van der Waals surface area contributed by atoms with Crippen LogP contribution in [0, 0.1) is 17.6 Å². The summed E-state index contributed by atoms with van der Waals surface area (Å²) in [6, 6.07) is 3.27. The molecular formula is C20H22F2N2O4. The molecule has 8 heteroatoms. The van der Waals surface area contributed by atoms with Crippen LogP contribution in [0.2, 0.25) is 0 Å². The van der Waals surface area contributed by atoms with Crippen LogP contribution >= 0.6 is 0 Å². The van der Waals surface area contributed by atoms with E-state index in [1.807, 2.05) is 4.90 Å². The number of oxazole rings is 1. The van der Waals surface area contributed by atoms with Gasteiger partial charge in [-0.2, -0.15) is 0 Å². The normalized spacial score (nSPS) is 20.6. The molecule has 2 aliphatic heterocycles. The lowest BCUT2D eigenvalue weighted by atomic mass is 9.97. The van der Waals surface area contributed by atoms with Crippen LogP contribution in [-0.4, -0.2) is 48.4 Å². The maximum atomic E-state index is 13.9. The predicted octanol–water partition coefficient (Wildman–Crippen LogP) is 3.16. The molecule has 2 saturated heterocycles. The van der Waals surface area contributed by atoms with Gasteiger partial charge in [0.25, 0.3) is 0 Å². The summed E-state index contributed by atoms with van der Waals surface area (Å²) in [6.07, 6.45) is 3.66. The fourth-order valence-corrected chi connectivity index (χ4v) is 3.72. The molecule has 1 atom stereocenters. The Bertz CT molecular complexity index is 835.